The molecule has 1 aromatic rings. The molecule has 1 aromatic heterocycles. The third-order valence-electron chi connectivity index (χ3n) is 5.40. The van der Waals surface area contributed by atoms with Crippen molar-refractivity contribution >= 4 is 21.4 Å². The van der Waals surface area contributed by atoms with Crippen molar-refractivity contribution in [2.45, 2.75) is 63.6 Å². The van der Waals surface area contributed by atoms with E-state index >= 15 is 0 Å². The minimum Gasteiger partial charge on any atom is -0.390 e. The van der Waals surface area contributed by atoms with E-state index in [0.717, 1.165) is 4.57 Å². The van der Waals surface area contributed by atoms with E-state index in [0.29, 0.717) is 0 Å². The van der Waals surface area contributed by atoms with Crippen LogP contribution in [0.3, 0.4) is 0 Å². The first-order chi connectivity index (χ1) is 16.2. The Hall–Kier alpha value is -1.55. The van der Waals surface area contributed by atoms with Gasteiger partial charge in [0.25, 0.3) is 5.56 Å². The molecule has 198 valence electrons. The minimum atomic E-state index is -5.21. The van der Waals surface area contributed by atoms with Gasteiger partial charge in [-0.15, -0.1) is 0 Å². The Morgan fingerprint density at radius 1 is 1.20 bits per heavy atom. The van der Waals surface area contributed by atoms with E-state index in [9.17, 15) is 38.4 Å². The molecule has 0 aliphatic carbocycles. The molecule has 16 nitrogen and oxygen atoms in total. The number of hydrogen-bond acceptors (Lipinski definition) is 12. The highest BCUT2D eigenvalue weighted by Gasteiger charge is 2.43. The number of ether oxygens (including phenoxy) is 2. The van der Waals surface area contributed by atoms with Crippen LogP contribution in [0.15, 0.2) is 15.8 Å². The number of H-pyrrole nitrogens is 1. The Kier molecular flexibility index (Phi) is 8.67. The highest BCUT2D eigenvalue weighted by atomic mass is 31.3. The van der Waals surface area contributed by atoms with Gasteiger partial charge in [0.05, 0.1) is 18.8 Å². The molecule has 2 aliphatic heterocycles. The van der Waals surface area contributed by atoms with Crippen LogP contribution in [0, 0.1) is 6.92 Å². The van der Waals surface area contributed by atoms with Crippen LogP contribution >= 0.6 is 15.6 Å². The van der Waals surface area contributed by atoms with Crippen molar-refractivity contribution in [2.75, 3.05) is 13.7 Å². The van der Waals surface area contributed by atoms with Crippen molar-refractivity contribution in [1.29, 1.82) is 0 Å². The number of nitrogens with one attached hydrogen (secondary N) is 2. The number of aromatic nitrogens is 2. The van der Waals surface area contributed by atoms with Crippen molar-refractivity contribution in [3.8, 4) is 0 Å². The summed E-state index contributed by atoms with van der Waals surface area (Å²) in [4.78, 5) is 57.3. The Morgan fingerprint density at radius 3 is 2.54 bits per heavy atom. The molecule has 0 spiro atoms. The third-order valence-corrected chi connectivity index (χ3v) is 8.02. The average molecular weight is 543 g/mol. The van der Waals surface area contributed by atoms with E-state index in [-0.39, 0.29) is 24.2 Å². The van der Waals surface area contributed by atoms with E-state index < -0.39 is 70.4 Å². The Bertz CT molecular complexity index is 1150. The Morgan fingerprint density at radius 2 is 1.89 bits per heavy atom. The fraction of sp³-hybridized carbons (Fsp3) is 0.706. The van der Waals surface area contributed by atoms with E-state index in [1.807, 2.05) is 0 Å². The van der Waals surface area contributed by atoms with Gasteiger partial charge < -0.3 is 29.7 Å². The van der Waals surface area contributed by atoms with Gasteiger partial charge in [0, 0.05) is 24.6 Å². The number of carbonyl (C=O) groups excluding carboxylic acids is 1. The third kappa shape index (κ3) is 7.02. The summed E-state index contributed by atoms with van der Waals surface area (Å²) in [5, 5.41) is 12.9. The van der Waals surface area contributed by atoms with Gasteiger partial charge in [-0.2, -0.15) is 4.31 Å². The number of aliphatic hydroxyl groups excluding tert-OH is 1. The SMILES string of the molecule is CN[C@@H]1C[C@@H](OP(=O)(O)OP(=O)(O)OC[C@H]2O[C@@H](n3cc(C)c(=O)[nH]c3=O)C[C@@H]2O)O[C@H](C)C1=O. The fourth-order valence-electron chi connectivity index (χ4n) is 3.60. The first-order valence-electron chi connectivity index (χ1n) is 10.4. The molecule has 0 bridgehead atoms. The molecule has 0 saturated carbocycles. The topological polar surface area (TPSA) is 225 Å². The Labute approximate surface area is 198 Å². The average Bonchev–Trinajstić information content (AvgIpc) is 3.11. The summed E-state index contributed by atoms with van der Waals surface area (Å²) >= 11 is 0. The number of likely N-dealkylation sites (N-methyl/N-ethyl adjacent to an activating group) is 1. The van der Waals surface area contributed by atoms with E-state index in [4.69, 9.17) is 14.0 Å². The van der Waals surface area contributed by atoms with Gasteiger partial charge in [-0.05, 0) is 20.9 Å². The second kappa shape index (κ2) is 10.8. The summed E-state index contributed by atoms with van der Waals surface area (Å²) in [7, 11) is -8.91. The predicted octanol–water partition coefficient (Wildman–Crippen LogP) is -0.964. The number of ketones is 1. The maximum atomic E-state index is 12.2. The monoisotopic (exact) mass is 543 g/mol. The van der Waals surface area contributed by atoms with Crippen molar-refractivity contribution in [3.05, 3.63) is 32.6 Å². The van der Waals surface area contributed by atoms with Gasteiger partial charge in [0.2, 0.25) is 0 Å². The number of carbonyl (C=O) groups is 1. The summed E-state index contributed by atoms with van der Waals surface area (Å²) in [6.07, 6.45) is -4.86. The van der Waals surface area contributed by atoms with Crippen LogP contribution in [0.2, 0.25) is 0 Å². The molecule has 2 aliphatic rings. The quantitative estimate of drug-likeness (QED) is 0.237. The van der Waals surface area contributed by atoms with Crippen molar-refractivity contribution < 1.29 is 51.6 Å². The van der Waals surface area contributed by atoms with Gasteiger partial charge >= 0.3 is 21.3 Å². The van der Waals surface area contributed by atoms with Crippen molar-refractivity contribution in [3.63, 3.8) is 0 Å². The van der Waals surface area contributed by atoms with Crippen molar-refractivity contribution in [2.24, 2.45) is 0 Å². The summed E-state index contributed by atoms with van der Waals surface area (Å²) in [5.41, 5.74) is -1.15. The van der Waals surface area contributed by atoms with Crippen LogP contribution in [-0.2, 0) is 36.8 Å². The smallest absolute Gasteiger partial charge is 0.390 e. The number of aliphatic hydroxyl groups is 1. The maximum absolute atomic E-state index is 12.2. The lowest BCUT2D eigenvalue weighted by Gasteiger charge is -2.32. The number of phosphoric acid groups is 2. The summed E-state index contributed by atoms with van der Waals surface area (Å²) in [6, 6.07) is -0.728. The number of hydrogen-bond donors (Lipinski definition) is 5. The number of Topliss-reactive ketones (excluding diaryl/α,β-unsaturated/α-hetero) is 1. The number of aromatic amines is 1. The van der Waals surface area contributed by atoms with Crippen LogP contribution in [0.5, 0.6) is 0 Å². The number of nitrogens with zero attached hydrogens (tertiary/aromatic N) is 1. The Balaban J connectivity index is 1.57. The van der Waals surface area contributed by atoms with E-state index in [2.05, 4.69) is 19.1 Å². The summed E-state index contributed by atoms with van der Waals surface area (Å²) in [6.45, 7) is 2.12. The molecule has 3 heterocycles. The largest absolute Gasteiger partial charge is 0.483 e. The number of phosphoric ester groups is 2. The molecule has 35 heavy (non-hydrogen) atoms. The second-order valence-electron chi connectivity index (χ2n) is 8.02. The normalized spacial score (nSPS) is 32.8. The van der Waals surface area contributed by atoms with Crippen LogP contribution in [-0.4, -0.2) is 74.5 Å². The molecule has 2 fully saturated rings. The molecule has 5 N–H and O–H groups in total. The first-order valence-corrected chi connectivity index (χ1v) is 13.4. The summed E-state index contributed by atoms with van der Waals surface area (Å²) < 4.78 is 49.9. The standard InChI is InChI=1S/C17H27N3O13P2/c1-8-6-20(17(24)19-16(8)23)13-5-11(21)12(31-13)7-29-34(25,26)33-35(27,28)32-14-4-10(18-3)15(22)9(2)30-14/h6,9-14,18,21H,4-5,7H2,1-3H3,(H,25,26)(H,27,28)(H,19,23,24)/t9-,10-,11+,12-,13-,14-/m1/s1. The lowest BCUT2D eigenvalue weighted by Crippen LogP contribution is -2.49. The number of rotatable bonds is 9. The molecular formula is C17H27N3O13P2. The molecular weight excluding hydrogens is 516 g/mol. The molecule has 2 saturated heterocycles. The molecule has 3 rings (SSSR count). The number of aryl methyl sites for hydroxylation is 1. The van der Waals surface area contributed by atoms with Gasteiger partial charge in [-0.1, -0.05) is 0 Å². The highest BCUT2D eigenvalue weighted by Crippen LogP contribution is 2.61. The van der Waals surface area contributed by atoms with Crippen LogP contribution in [0.4, 0.5) is 0 Å². The first kappa shape index (κ1) is 28.0. The van der Waals surface area contributed by atoms with E-state index in [1.165, 1.54) is 27.1 Å². The van der Waals surface area contributed by atoms with Crippen molar-refractivity contribution in [1.82, 2.24) is 14.9 Å². The zero-order chi connectivity index (χ0) is 26.1. The molecule has 0 amide bonds. The van der Waals surface area contributed by atoms with Gasteiger partial charge in [0.1, 0.15) is 18.4 Å². The molecule has 2 unspecified atom stereocenters. The lowest BCUT2D eigenvalue weighted by molar-refractivity contribution is -0.173. The minimum absolute atomic E-state index is 0.111. The molecule has 18 heteroatoms. The zero-order valence-electron chi connectivity index (χ0n) is 18.9. The van der Waals surface area contributed by atoms with Gasteiger partial charge in [-0.25, -0.2) is 13.9 Å². The lowest BCUT2D eigenvalue weighted by atomic mass is 10.0. The second-order valence-corrected chi connectivity index (χ2v) is 11.0. The van der Waals surface area contributed by atoms with Crippen LogP contribution in [0.1, 0.15) is 31.6 Å². The molecule has 8 atom stereocenters. The van der Waals surface area contributed by atoms with E-state index in [1.54, 1.807) is 0 Å². The van der Waals surface area contributed by atoms with Crippen LogP contribution in [0.25, 0.3) is 0 Å². The van der Waals surface area contributed by atoms with Gasteiger partial charge in [0.15, 0.2) is 12.1 Å². The zero-order valence-corrected chi connectivity index (χ0v) is 20.7. The van der Waals surface area contributed by atoms with Gasteiger partial charge in [-0.3, -0.25) is 28.2 Å². The highest BCUT2D eigenvalue weighted by molar-refractivity contribution is 7.61. The fourth-order valence-corrected chi connectivity index (χ4v) is 5.75. The molecule has 0 radical (unpaired) electrons. The maximum Gasteiger partial charge on any atom is 0.483 e. The molecule has 0 aromatic carbocycles. The van der Waals surface area contributed by atoms with Crippen LogP contribution < -0.4 is 16.6 Å². The summed E-state index contributed by atoms with van der Waals surface area (Å²) in [5.74, 6) is -0.301. The predicted molar refractivity (Wildman–Crippen MR) is 115 cm³/mol.